The minimum atomic E-state index is 0.282. The third-order valence-electron chi connectivity index (χ3n) is 2.48. The molecular formula is C9H11Cl2N3. The molecule has 1 N–H and O–H groups in total. The van der Waals surface area contributed by atoms with Crippen molar-refractivity contribution in [3.63, 3.8) is 0 Å². The largest absolute Gasteiger partial charge is 0.354 e. The Kier molecular flexibility index (Phi) is 2.79. The van der Waals surface area contributed by atoms with Crippen molar-refractivity contribution in [1.82, 2.24) is 9.97 Å². The van der Waals surface area contributed by atoms with Crippen LogP contribution < -0.4 is 5.32 Å². The first-order valence-corrected chi connectivity index (χ1v) is 5.43. The highest BCUT2D eigenvalue weighted by Gasteiger charge is 2.41. The topological polar surface area (TPSA) is 37.8 Å². The van der Waals surface area contributed by atoms with Gasteiger partial charge in [-0.25, -0.2) is 9.97 Å². The molecule has 3 nitrogen and oxygen atoms in total. The molecule has 0 spiro atoms. The number of alkyl halides is 1. The van der Waals surface area contributed by atoms with Gasteiger partial charge >= 0.3 is 0 Å². The van der Waals surface area contributed by atoms with Gasteiger partial charge in [-0.3, -0.25) is 0 Å². The highest BCUT2D eigenvalue weighted by molar-refractivity contribution is 6.30. The van der Waals surface area contributed by atoms with E-state index in [4.69, 9.17) is 23.2 Å². The van der Waals surface area contributed by atoms with Crippen LogP contribution in [0.5, 0.6) is 0 Å². The van der Waals surface area contributed by atoms with Gasteiger partial charge in [0.25, 0.3) is 0 Å². The molecule has 5 heteroatoms. The van der Waals surface area contributed by atoms with E-state index >= 15 is 0 Å². The van der Waals surface area contributed by atoms with Crippen LogP contribution in [0.4, 0.5) is 5.95 Å². The van der Waals surface area contributed by atoms with Crippen molar-refractivity contribution in [2.45, 2.75) is 12.8 Å². The molecule has 1 saturated carbocycles. The second-order valence-corrected chi connectivity index (χ2v) is 4.42. The number of hydrogen-bond acceptors (Lipinski definition) is 3. The summed E-state index contributed by atoms with van der Waals surface area (Å²) in [5.41, 5.74) is 0.282. The third kappa shape index (κ3) is 2.28. The van der Waals surface area contributed by atoms with Gasteiger partial charge in [-0.1, -0.05) is 11.6 Å². The highest BCUT2D eigenvalue weighted by atomic mass is 35.5. The maximum atomic E-state index is 5.85. The van der Waals surface area contributed by atoms with E-state index in [0.717, 1.165) is 6.54 Å². The Balaban J connectivity index is 1.89. The number of halogens is 2. The van der Waals surface area contributed by atoms with Gasteiger partial charge in [0.15, 0.2) is 0 Å². The number of nitrogens with one attached hydrogen (secondary N) is 1. The summed E-state index contributed by atoms with van der Waals surface area (Å²) in [6.45, 7) is 0.845. The summed E-state index contributed by atoms with van der Waals surface area (Å²) in [6.07, 6.45) is 5.54. The third-order valence-corrected chi connectivity index (χ3v) is 3.24. The molecular weight excluding hydrogens is 221 g/mol. The minimum Gasteiger partial charge on any atom is -0.354 e. The second kappa shape index (κ2) is 3.91. The highest BCUT2D eigenvalue weighted by Crippen LogP contribution is 2.46. The maximum absolute atomic E-state index is 5.85. The molecule has 1 heterocycles. The van der Waals surface area contributed by atoms with Crippen LogP contribution in [0.1, 0.15) is 12.8 Å². The zero-order chi connectivity index (χ0) is 10.0. The monoisotopic (exact) mass is 231 g/mol. The molecule has 0 atom stereocenters. The number of rotatable bonds is 4. The number of anilines is 1. The first kappa shape index (κ1) is 9.99. The van der Waals surface area contributed by atoms with Crippen LogP contribution in [0.3, 0.4) is 0 Å². The zero-order valence-electron chi connectivity index (χ0n) is 7.63. The summed E-state index contributed by atoms with van der Waals surface area (Å²) in [4.78, 5) is 8.09. The summed E-state index contributed by atoms with van der Waals surface area (Å²) >= 11 is 11.5. The zero-order valence-corrected chi connectivity index (χ0v) is 9.15. The Morgan fingerprint density at radius 2 is 2.00 bits per heavy atom. The fraction of sp³-hybridized carbons (Fsp3) is 0.556. The molecule has 0 aliphatic heterocycles. The van der Waals surface area contributed by atoms with Crippen molar-refractivity contribution in [2.75, 3.05) is 17.7 Å². The fourth-order valence-electron chi connectivity index (χ4n) is 1.20. The number of aromatic nitrogens is 2. The van der Waals surface area contributed by atoms with Crippen LogP contribution in [0.2, 0.25) is 5.02 Å². The Hall–Kier alpha value is -0.540. The van der Waals surface area contributed by atoms with Crippen LogP contribution >= 0.6 is 23.2 Å². The van der Waals surface area contributed by atoms with Crippen LogP contribution in [-0.2, 0) is 0 Å². The van der Waals surface area contributed by atoms with Gasteiger partial charge in [0.2, 0.25) is 5.95 Å². The average molecular weight is 232 g/mol. The van der Waals surface area contributed by atoms with Gasteiger partial charge in [0, 0.05) is 17.8 Å². The van der Waals surface area contributed by atoms with Crippen LogP contribution in [-0.4, -0.2) is 22.4 Å². The van der Waals surface area contributed by atoms with E-state index in [1.54, 1.807) is 12.4 Å². The first-order valence-electron chi connectivity index (χ1n) is 4.51. The van der Waals surface area contributed by atoms with Crippen molar-refractivity contribution in [1.29, 1.82) is 0 Å². The SMILES string of the molecule is ClCC1(CNc2ncc(Cl)cn2)CC1. The lowest BCUT2D eigenvalue weighted by Crippen LogP contribution is -2.17. The summed E-state index contributed by atoms with van der Waals surface area (Å²) < 4.78 is 0. The molecule has 0 saturated heterocycles. The van der Waals surface area contributed by atoms with Crippen molar-refractivity contribution in [3.05, 3.63) is 17.4 Å². The second-order valence-electron chi connectivity index (χ2n) is 3.71. The molecule has 1 aromatic rings. The molecule has 0 bridgehead atoms. The van der Waals surface area contributed by atoms with Crippen LogP contribution in [0.25, 0.3) is 0 Å². The maximum Gasteiger partial charge on any atom is 0.222 e. The first-order chi connectivity index (χ1) is 6.74. The van der Waals surface area contributed by atoms with Crippen molar-refractivity contribution < 1.29 is 0 Å². The summed E-state index contributed by atoms with van der Waals surface area (Å²) in [6, 6.07) is 0. The van der Waals surface area contributed by atoms with E-state index in [1.807, 2.05) is 0 Å². The molecule has 0 aromatic carbocycles. The van der Waals surface area contributed by atoms with E-state index < -0.39 is 0 Å². The van der Waals surface area contributed by atoms with E-state index in [2.05, 4.69) is 15.3 Å². The van der Waals surface area contributed by atoms with Crippen molar-refractivity contribution in [3.8, 4) is 0 Å². The fourth-order valence-corrected chi connectivity index (χ4v) is 1.66. The average Bonchev–Trinajstić information content (AvgIpc) is 2.98. The molecule has 2 rings (SSSR count). The quantitative estimate of drug-likeness (QED) is 0.810. The molecule has 1 aliphatic carbocycles. The van der Waals surface area contributed by atoms with Crippen LogP contribution in [0, 0.1) is 5.41 Å². The smallest absolute Gasteiger partial charge is 0.222 e. The molecule has 1 fully saturated rings. The predicted molar refractivity (Wildman–Crippen MR) is 57.9 cm³/mol. The summed E-state index contributed by atoms with van der Waals surface area (Å²) in [5, 5.41) is 3.71. The van der Waals surface area contributed by atoms with Gasteiger partial charge in [-0.15, -0.1) is 11.6 Å². The van der Waals surface area contributed by atoms with Gasteiger partial charge in [-0.05, 0) is 12.8 Å². The predicted octanol–water partition coefficient (Wildman–Crippen LogP) is 2.56. The molecule has 0 radical (unpaired) electrons. The Morgan fingerprint density at radius 3 is 2.50 bits per heavy atom. The molecule has 0 amide bonds. The molecule has 14 heavy (non-hydrogen) atoms. The van der Waals surface area contributed by atoms with E-state index in [1.165, 1.54) is 12.8 Å². The normalized spacial score (nSPS) is 17.9. The molecule has 1 aliphatic rings. The molecule has 0 unspecified atom stereocenters. The molecule has 1 aromatic heterocycles. The van der Waals surface area contributed by atoms with E-state index in [0.29, 0.717) is 16.9 Å². The van der Waals surface area contributed by atoms with Gasteiger partial charge in [0.1, 0.15) is 0 Å². The lowest BCUT2D eigenvalue weighted by atomic mass is 10.1. The number of hydrogen-bond donors (Lipinski definition) is 1. The standard InChI is InChI=1S/C9H11Cl2N3/c10-5-9(1-2-9)6-14-8-12-3-7(11)4-13-8/h3-4H,1-2,5-6H2,(H,12,13,14). The van der Waals surface area contributed by atoms with Gasteiger partial charge in [0.05, 0.1) is 17.4 Å². The van der Waals surface area contributed by atoms with Crippen LogP contribution in [0.15, 0.2) is 12.4 Å². The Morgan fingerprint density at radius 1 is 1.36 bits per heavy atom. The lowest BCUT2D eigenvalue weighted by Gasteiger charge is -2.11. The Labute approximate surface area is 92.8 Å². The van der Waals surface area contributed by atoms with E-state index in [9.17, 15) is 0 Å². The number of nitrogens with zero attached hydrogens (tertiary/aromatic N) is 2. The van der Waals surface area contributed by atoms with Crippen molar-refractivity contribution >= 4 is 29.2 Å². The Bertz CT molecular complexity index is 308. The summed E-state index contributed by atoms with van der Waals surface area (Å²) in [5.74, 6) is 1.32. The van der Waals surface area contributed by atoms with E-state index in [-0.39, 0.29) is 5.41 Å². The van der Waals surface area contributed by atoms with Gasteiger partial charge < -0.3 is 5.32 Å². The minimum absolute atomic E-state index is 0.282. The lowest BCUT2D eigenvalue weighted by molar-refractivity contribution is 0.615. The molecule has 76 valence electrons. The summed E-state index contributed by atoms with van der Waals surface area (Å²) in [7, 11) is 0. The van der Waals surface area contributed by atoms with Crippen molar-refractivity contribution in [2.24, 2.45) is 5.41 Å². The van der Waals surface area contributed by atoms with Gasteiger partial charge in [-0.2, -0.15) is 0 Å².